The smallest absolute Gasteiger partial charge is 0.309 e. The molecule has 0 unspecified atom stereocenters. The number of carbonyl (C=O) groups excluding carboxylic acids is 3. The first kappa shape index (κ1) is 19.3. The molecule has 142 valence electrons. The van der Waals surface area contributed by atoms with Crippen molar-refractivity contribution in [1.29, 1.82) is 0 Å². The van der Waals surface area contributed by atoms with Crippen molar-refractivity contribution in [2.24, 2.45) is 5.92 Å². The van der Waals surface area contributed by atoms with Gasteiger partial charge in [-0.1, -0.05) is 23.8 Å². The van der Waals surface area contributed by atoms with Crippen LogP contribution < -0.4 is 0 Å². The molecule has 1 aliphatic rings. The van der Waals surface area contributed by atoms with E-state index < -0.39 is 0 Å². The number of esters is 1. The Balaban J connectivity index is 1.49. The number of likely N-dealkylation sites (tertiary alicyclic amines) is 1. The Bertz CT molecular complexity index is 836. The largest absolute Gasteiger partial charge is 0.457 e. The van der Waals surface area contributed by atoms with Gasteiger partial charge in [0.1, 0.15) is 0 Å². The lowest BCUT2D eigenvalue weighted by Crippen LogP contribution is -2.40. The molecule has 1 amide bonds. The van der Waals surface area contributed by atoms with Crippen LogP contribution in [0.15, 0.2) is 35.7 Å². The fourth-order valence-electron chi connectivity index (χ4n) is 3.24. The van der Waals surface area contributed by atoms with E-state index in [9.17, 15) is 14.4 Å². The van der Waals surface area contributed by atoms with Crippen LogP contribution in [0.3, 0.4) is 0 Å². The number of carbonyl (C=O) groups is 3. The normalized spacial score (nSPS) is 14.8. The molecule has 2 heterocycles. The average Bonchev–Trinajstić information content (AvgIpc) is 3.22. The number of piperidine rings is 1. The minimum Gasteiger partial charge on any atom is -0.457 e. The molecule has 0 N–H and O–H groups in total. The Morgan fingerprint density at radius 1 is 1.15 bits per heavy atom. The van der Waals surface area contributed by atoms with Gasteiger partial charge in [-0.15, -0.1) is 11.3 Å². The zero-order chi connectivity index (χ0) is 19.4. The number of benzene rings is 1. The zero-order valence-electron chi connectivity index (χ0n) is 15.6. The maximum Gasteiger partial charge on any atom is 0.309 e. The van der Waals surface area contributed by atoms with Crippen molar-refractivity contribution in [2.75, 3.05) is 19.7 Å². The molecule has 0 aliphatic carbocycles. The molecule has 0 saturated carbocycles. The maximum absolute atomic E-state index is 12.3. The summed E-state index contributed by atoms with van der Waals surface area (Å²) < 4.78 is 5.27. The predicted molar refractivity (Wildman–Crippen MR) is 104 cm³/mol. The Kier molecular flexibility index (Phi) is 6.06. The Labute approximate surface area is 162 Å². The fourth-order valence-corrected chi connectivity index (χ4v) is 3.93. The van der Waals surface area contributed by atoms with Crippen molar-refractivity contribution in [2.45, 2.75) is 26.7 Å². The van der Waals surface area contributed by atoms with Gasteiger partial charge in [0, 0.05) is 18.7 Å². The first-order chi connectivity index (χ1) is 13.0. The van der Waals surface area contributed by atoms with Gasteiger partial charge >= 0.3 is 5.97 Å². The molecular weight excluding hydrogens is 362 g/mol. The first-order valence-electron chi connectivity index (χ1n) is 9.05. The molecule has 1 fully saturated rings. The van der Waals surface area contributed by atoms with E-state index in [2.05, 4.69) is 0 Å². The summed E-state index contributed by atoms with van der Waals surface area (Å²) in [4.78, 5) is 39.5. The van der Waals surface area contributed by atoms with E-state index in [0.29, 0.717) is 31.5 Å². The standard InChI is InChI=1S/C21H23NO4S/c1-14-5-6-15(2)17(12-14)18(23)13-26-21(25)16-7-9-22(10-8-16)20(24)19-4-3-11-27-19/h3-6,11-12,16H,7-10,13H2,1-2H3. The van der Waals surface area contributed by atoms with Gasteiger partial charge in [0.25, 0.3) is 5.91 Å². The summed E-state index contributed by atoms with van der Waals surface area (Å²) in [5.74, 6) is -0.780. The second-order valence-corrected chi connectivity index (χ2v) is 7.84. The number of hydrogen-bond donors (Lipinski definition) is 0. The lowest BCUT2D eigenvalue weighted by molar-refractivity contribution is -0.148. The van der Waals surface area contributed by atoms with Crippen molar-refractivity contribution in [3.05, 3.63) is 57.3 Å². The van der Waals surface area contributed by atoms with Crippen LogP contribution in [-0.2, 0) is 9.53 Å². The molecular formula is C21H23NO4S. The molecule has 2 aromatic rings. The lowest BCUT2D eigenvalue weighted by atomic mass is 9.97. The highest BCUT2D eigenvalue weighted by atomic mass is 32.1. The van der Waals surface area contributed by atoms with Crippen LogP contribution in [-0.4, -0.2) is 42.3 Å². The summed E-state index contributed by atoms with van der Waals surface area (Å²) >= 11 is 1.42. The third-order valence-electron chi connectivity index (χ3n) is 4.89. The second kappa shape index (κ2) is 8.48. The third kappa shape index (κ3) is 4.63. The molecule has 0 radical (unpaired) electrons. The molecule has 1 aliphatic heterocycles. The molecule has 0 spiro atoms. The summed E-state index contributed by atoms with van der Waals surface area (Å²) in [7, 11) is 0. The van der Waals surface area contributed by atoms with Crippen LogP contribution in [0, 0.1) is 19.8 Å². The molecule has 0 bridgehead atoms. The summed E-state index contributed by atoms with van der Waals surface area (Å²) in [5.41, 5.74) is 2.47. The number of ether oxygens (including phenoxy) is 1. The predicted octanol–water partition coefficient (Wildman–Crippen LogP) is 3.64. The summed E-state index contributed by atoms with van der Waals surface area (Å²) in [6.07, 6.45) is 1.13. The van der Waals surface area contributed by atoms with Crippen LogP contribution in [0.1, 0.15) is 44.0 Å². The number of amides is 1. The Morgan fingerprint density at radius 3 is 2.56 bits per heavy atom. The zero-order valence-corrected chi connectivity index (χ0v) is 16.4. The number of aryl methyl sites for hydroxylation is 2. The van der Waals surface area contributed by atoms with E-state index in [1.54, 1.807) is 4.90 Å². The summed E-state index contributed by atoms with van der Waals surface area (Å²) in [5, 5.41) is 1.88. The van der Waals surface area contributed by atoms with Gasteiger partial charge in [-0.05, 0) is 49.8 Å². The number of rotatable bonds is 5. The number of thiophene rings is 1. The van der Waals surface area contributed by atoms with Crippen LogP contribution >= 0.6 is 11.3 Å². The van der Waals surface area contributed by atoms with Crippen LogP contribution in [0.25, 0.3) is 0 Å². The Morgan fingerprint density at radius 2 is 1.89 bits per heavy atom. The second-order valence-electron chi connectivity index (χ2n) is 6.89. The highest BCUT2D eigenvalue weighted by Gasteiger charge is 2.29. The van der Waals surface area contributed by atoms with E-state index in [1.165, 1.54) is 11.3 Å². The number of ketones is 1. The SMILES string of the molecule is Cc1ccc(C)c(C(=O)COC(=O)C2CCN(C(=O)c3cccs3)CC2)c1. The average molecular weight is 385 g/mol. The van der Waals surface area contributed by atoms with Crippen LogP contribution in [0.2, 0.25) is 0 Å². The quantitative estimate of drug-likeness (QED) is 0.582. The number of nitrogens with zero attached hydrogens (tertiary/aromatic N) is 1. The van der Waals surface area contributed by atoms with E-state index in [4.69, 9.17) is 4.74 Å². The van der Waals surface area contributed by atoms with Gasteiger partial charge in [-0.25, -0.2) is 0 Å². The molecule has 1 aromatic heterocycles. The lowest BCUT2D eigenvalue weighted by Gasteiger charge is -2.30. The van der Waals surface area contributed by atoms with Crippen molar-refractivity contribution >= 4 is 29.0 Å². The van der Waals surface area contributed by atoms with Gasteiger partial charge in [0.15, 0.2) is 6.61 Å². The van der Waals surface area contributed by atoms with Gasteiger partial charge in [0.05, 0.1) is 10.8 Å². The number of hydrogen-bond acceptors (Lipinski definition) is 5. The molecule has 1 saturated heterocycles. The maximum atomic E-state index is 12.3. The first-order valence-corrected chi connectivity index (χ1v) is 9.93. The van der Waals surface area contributed by atoms with Crippen LogP contribution in [0.4, 0.5) is 0 Å². The molecule has 3 rings (SSSR count). The minimum atomic E-state index is -0.350. The van der Waals surface area contributed by atoms with Crippen molar-refractivity contribution in [1.82, 2.24) is 4.90 Å². The van der Waals surface area contributed by atoms with E-state index in [1.807, 2.05) is 49.6 Å². The molecule has 1 aromatic carbocycles. The highest BCUT2D eigenvalue weighted by Crippen LogP contribution is 2.22. The van der Waals surface area contributed by atoms with Gasteiger partial charge in [-0.3, -0.25) is 14.4 Å². The summed E-state index contributed by atoms with van der Waals surface area (Å²) in [6, 6.07) is 9.33. The topological polar surface area (TPSA) is 63.7 Å². The monoisotopic (exact) mass is 385 g/mol. The molecule has 27 heavy (non-hydrogen) atoms. The van der Waals surface area contributed by atoms with E-state index in [-0.39, 0.29) is 30.2 Å². The molecule has 6 heteroatoms. The van der Waals surface area contributed by atoms with Crippen molar-refractivity contribution in [3.63, 3.8) is 0 Å². The fraction of sp³-hybridized carbons (Fsp3) is 0.381. The van der Waals surface area contributed by atoms with Crippen molar-refractivity contribution < 1.29 is 19.1 Å². The molecule has 0 atom stereocenters. The molecule has 5 nitrogen and oxygen atoms in total. The van der Waals surface area contributed by atoms with Gasteiger partial charge in [0.2, 0.25) is 5.78 Å². The van der Waals surface area contributed by atoms with Crippen LogP contribution in [0.5, 0.6) is 0 Å². The number of Topliss-reactive ketones (excluding diaryl/α,β-unsaturated/α-hetero) is 1. The van der Waals surface area contributed by atoms with E-state index in [0.717, 1.165) is 16.0 Å². The van der Waals surface area contributed by atoms with Crippen molar-refractivity contribution in [3.8, 4) is 0 Å². The Hall–Kier alpha value is -2.47. The van der Waals surface area contributed by atoms with E-state index >= 15 is 0 Å². The third-order valence-corrected chi connectivity index (χ3v) is 5.74. The van der Waals surface area contributed by atoms with Gasteiger partial charge < -0.3 is 9.64 Å². The highest BCUT2D eigenvalue weighted by molar-refractivity contribution is 7.12. The van der Waals surface area contributed by atoms with Gasteiger partial charge in [-0.2, -0.15) is 0 Å². The summed E-state index contributed by atoms with van der Waals surface area (Å²) in [6.45, 7) is 4.61. The minimum absolute atomic E-state index is 0.0157.